The minimum atomic E-state index is -4.47. The number of aromatic nitrogens is 1. The highest BCUT2D eigenvalue weighted by Crippen LogP contribution is 2.33. The van der Waals surface area contributed by atoms with Crippen molar-refractivity contribution in [3.05, 3.63) is 100 Å². The molecule has 4 aromatic rings. The molecule has 180 valence electrons. The molecule has 5 rings (SSSR count). The molecule has 4 nitrogen and oxygen atoms in total. The van der Waals surface area contributed by atoms with Gasteiger partial charge in [0.05, 0.1) is 11.3 Å². The predicted molar refractivity (Wildman–Crippen MR) is 129 cm³/mol. The number of hydrogen-bond donors (Lipinski definition) is 1. The average Bonchev–Trinajstić information content (AvgIpc) is 3.58. The Hall–Kier alpha value is -3.45. The van der Waals surface area contributed by atoms with Crippen LogP contribution in [0.4, 0.5) is 13.2 Å². The van der Waals surface area contributed by atoms with Crippen LogP contribution < -0.4 is 10.1 Å². The molecule has 1 saturated carbocycles. The van der Waals surface area contributed by atoms with Gasteiger partial charge in [0.2, 0.25) is 0 Å². The summed E-state index contributed by atoms with van der Waals surface area (Å²) in [6, 6.07) is 20.1. The van der Waals surface area contributed by atoms with Gasteiger partial charge < -0.3 is 14.6 Å². The van der Waals surface area contributed by atoms with Crippen LogP contribution in [0.1, 0.15) is 40.0 Å². The number of carbonyl (C=O) groups is 1. The van der Waals surface area contributed by atoms with Crippen LogP contribution in [0.15, 0.2) is 72.8 Å². The zero-order valence-corrected chi connectivity index (χ0v) is 19.4. The normalized spacial score (nSPS) is 13.7. The van der Waals surface area contributed by atoms with Gasteiger partial charge in [0.25, 0.3) is 5.91 Å². The monoisotopic (exact) mass is 498 g/mol. The maximum atomic E-state index is 13.3. The first-order chi connectivity index (χ1) is 16.8. The van der Waals surface area contributed by atoms with E-state index in [0.29, 0.717) is 16.9 Å². The molecule has 1 heterocycles. The van der Waals surface area contributed by atoms with E-state index in [9.17, 15) is 18.0 Å². The maximum absolute atomic E-state index is 13.3. The third-order valence-corrected chi connectivity index (χ3v) is 6.36. The number of nitrogens with zero attached hydrogens (tertiary/aromatic N) is 1. The lowest BCUT2D eigenvalue weighted by atomic mass is 10.1. The molecule has 0 aliphatic heterocycles. The molecule has 0 atom stereocenters. The summed E-state index contributed by atoms with van der Waals surface area (Å²) < 4.78 is 47.8. The quantitative estimate of drug-likeness (QED) is 0.303. The van der Waals surface area contributed by atoms with Crippen LogP contribution >= 0.6 is 11.6 Å². The second-order valence-electron chi connectivity index (χ2n) is 8.65. The zero-order valence-electron chi connectivity index (χ0n) is 18.6. The van der Waals surface area contributed by atoms with Crippen molar-refractivity contribution < 1.29 is 22.7 Å². The van der Waals surface area contributed by atoms with Gasteiger partial charge in [-0.2, -0.15) is 13.2 Å². The van der Waals surface area contributed by atoms with Gasteiger partial charge in [-0.05, 0) is 73.0 Å². The van der Waals surface area contributed by atoms with E-state index in [2.05, 4.69) is 5.32 Å². The highest BCUT2D eigenvalue weighted by Gasteiger charge is 2.31. The topological polar surface area (TPSA) is 43.3 Å². The number of fused-ring (bicyclic) bond motifs is 1. The Bertz CT molecular complexity index is 1380. The van der Waals surface area contributed by atoms with Crippen molar-refractivity contribution in [3.8, 4) is 5.75 Å². The Kier molecular flexibility index (Phi) is 6.19. The lowest BCUT2D eigenvalue weighted by Crippen LogP contribution is -2.25. The van der Waals surface area contributed by atoms with E-state index in [4.69, 9.17) is 16.3 Å². The van der Waals surface area contributed by atoms with E-state index >= 15 is 0 Å². The summed E-state index contributed by atoms with van der Waals surface area (Å²) in [6.45, 7) is 0.312. The molecule has 0 radical (unpaired) electrons. The second-order valence-corrected chi connectivity index (χ2v) is 9.06. The van der Waals surface area contributed by atoms with Crippen LogP contribution in [0.5, 0.6) is 5.75 Å². The number of ether oxygens (including phenoxy) is 1. The molecule has 0 bridgehead atoms. The summed E-state index contributed by atoms with van der Waals surface area (Å²) in [5.74, 6) is 0.538. The molecular formula is C27H22ClF3N2O2. The van der Waals surface area contributed by atoms with E-state index in [-0.39, 0.29) is 30.1 Å². The summed E-state index contributed by atoms with van der Waals surface area (Å²) in [5.41, 5.74) is 1.64. The molecule has 0 unspecified atom stereocenters. The van der Waals surface area contributed by atoms with Gasteiger partial charge in [0.1, 0.15) is 12.4 Å². The number of benzene rings is 3. The Labute approximate surface area is 205 Å². The van der Waals surface area contributed by atoms with Crippen LogP contribution in [0.25, 0.3) is 10.9 Å². The average molecular weight is 499 g/mol. The number of halogens is 4. The van der Waals surface area contributed by atoms with E-state index in [1.807, 2.05) is 47.0 Å². The van der Waals surface area contributed by atoms with E-state index in [1.54, 1.807) is 12.1 Å². The molecule has 1 amide bonds. The van der Waals surface area contributed by atoms with Crippen LogP contribution in [-0.2, 0) is 19.3 Å². The van der Waals surface area contributed by atoms with Crippen molar-refractivity contribution in [3.63, 3.8) is 0 Å². The lowest BCUT2D eigenvalue weighted by Gasteiger charge is -2.15. The van der Waals surface area contributed by atoms with Crippen LogP contribution in [-0.4, -0.2) is 16.5 Å². The maximum Gasteiger partial charge on any atom is 0.416 e. The van der Waals surface area contributed by atoms with Gasteiger partial charge >= 0.3 is 6.18 Å². The predicted octanol–water partition coefficient (Wildman–Crippen LogP) is 6.83. The van der Waals surface area contributed by atoms with Gasteiger partial charge in [0.15, 0.2) is 0 Å². The molecule has 1 fully saturated rings. The Morgan fingerprint density at radius 2 is 1.80 bits per heavy atom. The molecule has 3 aromatic carbocycles. The van der Waals surface area contributed by atoms with E-state index < -0.39 is 11.7 Å². The molecule has 1 aliphatic rings. The first-order valence-corrected chi connectivity index (χ1v) is 11.6. The molecule has 1 aliphatic carbocycles. The number of rotatable bonds is 7. The molecule has 1 N–H and O–H groups in total. The fraction of sp³-hybridized carbons (Fsp3) is 0.222. The van der Waals surface area contributed by atoms with Crippen molar-refractivity contribution in [2.75, 3.05) is 0 Å². The zero-order chi connectivity index (χ0) is 24.6. The van der Waals surface area contributed by atoms with Crippen molar-refractivity contribution in [1.82, 2.24) is 9.88 Å². The lowest BCUT2D eigenvalue weighted by molar-refractivity contribution is -0.137. The SMILES string of the molecule is O=C(NC1CC1)c1ccc2c(c1)cc(COc1ccccc1)n2Cc1cc(C(F)(F)F)ccc1Cl. The Morgan fingerprint density at radius 1 is 1.03 bits per heavy atom. The van der Waals surface area contributed by atoms with E-state index in [0.717, 1.165) is 41.6 Å². The highest BCUT2D eigenvalue weighted by atomic mass is 35.5. The van der Waals surface area contributed by atoms with Crippen molar-refractivity contribution in [1.29, 1.82) is 0 Å². The summed E-state index contributed by atoms with van der Waals surface area (Å²) >= 11 is 6.30. The van der Waals surface area contributed by atoms with E-state index in [1.165, 1.54) is 6.07 Å². The fourth-order valence-electron chi connectivity index (χ4n) is 3.99. The van der Waals surface area contributed by atoms with Crippen molar-refractivity contribution in [2.24, 2.45) is 0 Å². The molecule has 0 saturated heterocycles. The number of nitrogens with one attached hydrogen (secondary N) is 1. The molecular weight excluding hydrogens is 477 g/mol. The van der Waals surface area contributed by atoms with Crippen molar-refractivity contribution >= 4 is 28.4 Å². The highest BCUT2D eigenvalue weighted by molar-refractivity contribution is 6.31. The second kappa shape index (κ2) is 9.30. The summed E-state index contributed by atoms with van der Waals surface area (Å²) in [6.07, 6.45) is -2.49. The van der Waals surface area contributed by atoms with Crippen LogP contribution in [0.2, 0.25) is 5.02 Å². The minimum Gasteiger partial charge on any atom is -0.487 e. The minimum absolute atomic E-state index is 0.118. The van der Waals surface area contributed by atoms with Crippen LogP contribution in [0, 0.1) is 0 Å². The number of para-hydroxylation sites is 1. The van der Waals surface area contributed by atoms with Gasteiger partial charge in [-0.1, -0.05) is 29.8 Å². The number of carbonyl (C=O) groups excluding carboxylic acids is 1. The summed E-state index contributed by atoms with van der Waals surface area (Å²) in [7, 11) is 0. The summed E-state index contributed by atoms with van der Waals surface area (Å²) in [5, 5.41) is 4.02. The first-order valence-electron chi connectivity index (χ1n) is 11.2. The number of hydrogen-bond acceptors (Lipinski definition) is 2. The number of alkyl halides is 3. The van der Waals surface area contributed by atoms with Crippen molar-refractivity contribution in [2.45, 2.75) is 38.2 Å². The standard InChI is InChI=1S/C27H22ClF3N2O2/c28-24-10-7-20(27(29,30)31)13-19(24)15-33-22(16-35-23-4-2-1-3-5-23)14-18-12-17(6-11-25(18)33)26(34)32-21-8-9-21/h1-7,10-14,21H,8-9,15-16H2,(H,32,34). The molecule has 1 aromatic heterocycles. The Balaban J connectivity index is 1.52. The van der Waals surface area contributed by atoms with Gasteiger partial charge in [-0.15, -0.1) is 0 Å². The fourth-order valence-corrected chi connectivity index (χ4v) is 4.17. The third-order valence-electron chi connectivity index (χ3n) is 5.99. The molecule has 8 heteroatoms. The van der Waals surface area contributed by atoms with Gasteiger partial charge in [-0.3, -0.25) is 4.79 Å². The third kappa shape index (κ3) is 5.30. The largest absolute Gasteiger partial charge is 0.487 e. The Morgan fingerprint density at radius 3 is 2.51 bits per heavy atom. The van der Waals surface area contributed by atoms with Gasteiger partial charge in [-0.25, -0.2) is 0 Å². The van der Waals surface area contributed by atoms with Gasteiger partial charge in [0, 0.05) is 34.1 Å². The first kappa shape index (κ1) is 23.3. The van der Waals surface area contributed by atoms with Crippen LogP contribution in [0.3, 0.4) is 0 Å². The smallest absolute Gasteiger partial charge is 0.416 e. The molecule has 0 spiro atoms. The molecule has 35 heavy (non-hydrogen) atoms. The number of amides is 1. The summed E-state index contributed by atoms with van der Waals surface area (Å²) in [4.78, 5) is 12.5.